The molecule has 0 aliphatic heterocycles. The molecular formula is C29H23BrN2. The molecule has 32 heavy (non-hydrogen) atoms. The number of rotatable bonds is 4. The van der Waals surface area contributed by atoms with Gasteiger partial charge in [0.25, 0.3) is 0 Å². The second kappa shape index (κ2) is 8.60. The topological polar surface area (TPSA) is 17.8 Å². The van der Waals surface area contributed by atoms with Crippen molar-refractivity contribution in [1.82, 2.24) is 9.55 Å². The summed E-state index contributed by atoms with van der Waals surface area (Å²) in [6.45, 7) is 4.33. The summed E-state index contributed by atoms with van der Waals surface area (Å²) in [4.78, 5) is 5.26. The van der Waals surface area contributed by atoms with Crippen LogP contribution < -0.4 is 0 Å². The summed E-state index contributed by atoms with van der Waals surface area (Å²) in [5.74, 6) is 0.942. The van der Waals surface area contributed by atoms with Gasteiger partial charge in [-0.3, -0.25) is 4.57 Å². The standard InChI is InChI=1S/C29H23BrN2/c1-20-18-25(30)19-21(2)27(20)32-28(23-14-8-4-9-15-23)26(22-12-6-3-7-13-22)31-29(32)24-16-10-5-11-17-24/h3-19H,1-2H3. The fourth-order valence-corrected chi connectivity index (χ4v) is 5.02. The molecule has 5 rings (SSSR count). The highest BCUT2D eigenvalue weighted by molar-refractivity contribution is 9.10. The molecule has 0 aliphatic carbocycles. The van der Waals surface area contributed by atoms with Gasteiger partial charge in [-0.15, -0.1) is 0 Å². The molecule has 0 radical (unpaired) electrons. The predicted molar refractivity (Wildman–Crippen MR) is 137 cm³/mol. The second-order valence-electron chi connectivity index (χ2n) is 7.95. The van der Waals surface area contributed by atoms with Crippen LogP contribution in [0.1, 0.15) is 11.1 Å². The van der Waals surface area contributed by atoms with E-state index in [4.69, 9.17) is 4.98 Å². The Morgan fingerprint density at radius 1 is 0.625 bits per heavy atom. The number of hydrogen-bond donors (Lipinski definition) is 0. The van der Waals surface area contributed by atoms with Crippen LogP contribution >= 0.6 is 15.9 Å². The van der Waals surface area contributed by atoms with Gasteiger partial charge in [-0.25, -0.2) is 4.98 Å². The molecule has 0 unspecified atom stereocenters. The first-order valence-electron chi connectivity index (χ1n) is 10.7. The minimum absolute atomic E-state index is 0.942. The molecule has 0 fully saturated rings. The number of benzene rings is 4. The molecule has 4 aromatic carbocycles. The van der Waals surface area contributed by atoms with Gasteiger partial charge in [-0.05, 0) is 37.1 Å². The summed E-state index contributed by atoms with van der Waals surface area (Å²) in [6.07, 6.45) is 0. The smallest absolute Gasteiger partial charge is 0.145 e. The Morgan fingerprint density at radius 2 is 1.09 bits per heavy atom. The summed E-state index contributed by atoms with van der Waals surface area (Å²) in [7, 11) is 0. The summed E-state index contributed by atoms with van der Waals surface area (Å²) >= 11 is 3.66. The summed E-state index contributed by atoms with van der Waals surface area (Å²) in [6, 6.07) is 35.8. The molecule has 0 atom stereocenters. The van der Waals surface area contributed by atoms with Crippen LogP contribution in [-0.4, -0.2) is 9.55 Å². The van der Waals surface area contributed by atoms with Crippen molar-refractivity contribution in [3.63, 3.8) is 0 Å². The molecule has 5 aromatic rings. The molecule has 1 aromatic heterocycles. The highest BCUT2D eigenvalue weighted by Gasteiger charge is 2.24. The van der Waals surface area contributed by atoms with Crippen molar-refractivity contribution in [3.8, 4) is 39.6 Å². The molecule has 0 aliphatic rings. The molecule has 0 saturated carbocycles. The third-order valence-corrected chi connectivity index (χ3v) is 6.14. The molecular weight excluding hydrogens is 456 g/mol. The molecule has 0 saturated heterocycles. The Labute approximate surface area is 197 Å². The van der Waals surface area contributed by atoms with Gasteiger partial charge < -0.3 is 0 Å². The molecule has 0 spiro atoms. The summed E-state index contributed by atoms with van der Waals surface area (Å²) in [5.41, 5.74) is 8.99. The van der Waals surface area contributed by atoms with E-state index in [2.05, 4.69) is 125 Å². The van der Waals surface area contributed by atoms with E-state index in [0.717, 1.165) is 38.4 Å². The van der Waals surface area contributed by atoms with E-state index in [1.807, 2.05) is 12.1 Å². The molecule has 156 valence electrons. The number of nitrogens with zero attached hydrogens (tertiary/aromatic N) is 2. The number of aromatic nitrogens is 2. The Morgan fingerprint density at radius 3 is 1.62 bits per heavy atom. The molecule has 0 bridgehead atoms. The van der Waals surface area contributed by atoms with E-state index < -0.39 is 0 Å². The molecule has 0 N–H and O–H groups in total. The minimum atomic E-state index is 0.942. The zero-order valence-corrected chi connectivity index (χ0v) is 19.7. The Kier molecular flexibility index (Phi) is 5.50. The molecule has 3 heteroatoms. The lowest BCUT2D eigenvalue weighted by Gasteiger charge is -2.18. The number of hydrogen-bond acceptors (Lipinski definition) is 1. The number of imidazole rings is 1. The largest absolute Gasteiger partial charge is 0.291 e. The normalized spacial score (nSPS) is 11.0. The van der Waals surface area contributed by atoms with Gasteiger partial charge >= 0.3 is 0 Å². The fraction of sp³-hybridized carbons (Fsp3) is 0.0690. The summed E-state index contributed by atoms with van der Waals surface area (Å²) < 4.78 is 3.42. The van der Waals surface area contributed by atoms with Gasteiger partial charge in [0, 0.05) is 21.2 Å². The Bertz CT molecular complexity index is 1350. The van der Waals surface area contributed by atoms with E-state index in [-0.39, 0.29) is 0 Å². The first-order chi connectivity index (χ1) is 15.6. The summed E-state index contributed by atoms with van der Waals surface area (Å²) in [5, 5.41) is 0. The maximum absolute atomic E-state index is 5.26. The van der Waals surface area contributed by atoms with Gasteiger partial charge in [0.1, 0.15) is 5.82 Å². The third-order valence-electron chi connectivity index (χ3n) is 5.68. The van der Waals surface area contributed by atoms with Crippen molar-refractivity contribution in [3.05, 3.63) is 119 Å². The van der Waals surface area contributed by atoms with Crippen LogP contribution in [0.3, 0.4) is 0 Å². The first kappa shape index (κ1) is 20.5. The second-order valence-corrected chi connectivity index (χ2v) is 8.87. The average molecular weight is 479 g/mol. The highest BCUT2D eigenvalue weighted by Crippen LogP contribution is 2.40. The maximum Gasteiger partial charge on any atom is 0.145 e. The van der Waals surface area contributed by atoms with Crippen LogP contribution in [-0.2, 0) is 0 Å². The Hall–Kier alpha value is -3.43. The minimum Gasteiger partial charge on any atom is -0.291 e. The van der Waals surface area contributed by atoms with E-state index in [1.54, 1.807) is 0 Å². The van der Waals surface area contributed by atoms with Crippen LogP contribution in [0.15, 0.2) is 108 Å². The van der Waals surface area contributed by atoms with Crippen molar-refractivity contribution >= 4 is 15.9 Å². The van der Waals surface area contributed by atoms with Crippen LogP contribution in [0.25, 0.3) is 39.6 Å². The lowest BCUT2D eigenvalue weighted by Crippen LogP contribution is -2.05. The van der Waals surface area contributed by atoms with Crippen molar-refractivity contribution < 1.29 is 0 Å². The zero-order chi connectivity index (χ0) is 22.1. The van der Waals surface area contributed by atoms with Gasteiger partial charge in [0.05, 0.1) is 17.1 Å². The van der Waals surface area contributed by atoms with Crippen molar-refractivity contribution in [2.45, 2.75) is 13.8 Å². The van der Waals surface area contributed by atoms with E-state index in [0.29, 0.717) is 0 Å². The van der Waals surface area contributed by atoms with Crippen molar-refractivity contribution in [2.75, 3.05) is 0 Å². The predicted octanol–water partition coefficient (Wildman–Crippen LogP) is 8.25. The molecule has 2 nitrogen and oxygen atoms in total. The van der Waals surface area contributed by atoms with Crippen molar-refractivity contribution in [2.24, 2.45) is 0 Å². The van der Waals surface area contributed by atoms with Gasteiger partial charge in [-0.2, -0.15) is 0 Å². The van der Waals surface area contributed by atoms with Crippen LogP contribution in [0.2, 0.25) is 0 Å². The lowest BCUT2D eigenvalue weighted by atomic mass is 10.0. The Balaban J connectivity index is 1.94. The average Bonchev–Trinajstić information content (AvgIpc) is 3.20. The zero-order valence-electron chi connectivity index (χ0n) is 18.1. The van der Waals surface area contributed by atoms with Crippen LogP contribution in [0, 0.1) is 13.8 Å². The van der Waals surface area contributed by atoms with E-state index >= 15 is 0 Å². The van der Waals surface area contributed by atoms with E-state index in [1.165, 1.54) is 16.8 Å². The first-order valence-corrected chi connectivity index (χ1v) is 11.5. The monoisotopic (exact) mass is 478 g/mol. The number of halogens is 1. The van der Waals surface area contributed by atoms with Gasteiger partial charge in [0.15, 0.2) is 0 Å². The third kappa shape index (κ3) is 3.69. The van der Waals surface area contributed by atoms with Crippen LogP contribution in [0.4, 0.5) is 0 Å². The lowest BCUT2D eigenvalue weighted by molar-refractivity contribution is 1.04. The fourth-order valence-electron chi connectivity index (χ4n) is 4.33. The maximum atomic E-state index is 5.26. The quantitative estimate of drug-likeness (QED) is 0.254. The molecule has 1 heterocycles. The van der Waals surface area contributed by atoms with E-state index in [9.17, 15) is 0 Å². The van der Waals surface area contributed by atoms with Crippen molar-refractivity contribution in [1.29, 1.82) is 0 Å². The highest BCUT2D eigenvalue weighted by atomic mass is 79.9. The van der Waals surface area contributed by atoms with Gasteiger partial charge in [-0.1, -0.05) is 107 Å². The SMILES string of the molecule is Cc1cc(Br)cc(C)c1-n1c(-c2ccccc2)nc(-c2ccccc2)c1-c1ccccc1. The molecule has 0 amide bonds. The number of aryl methyl sites for hydroxylation is 2. The van der Waals surface area contributed by atoms with Gasteiger partial charge in [0.2, 0.25) is 0 Å². The van der Waals surface area contributed by atoms with Crippen LogP contribution in [0.5, 0.6) is 0 Å².